The van der Waals surface area contributed by atoms with Gasteiger partial charge in [0.15, 0.2) is 0 Å². The van der Waals surface area contributed by atoms with Crippen LogP contribution in [0.3, 0.4) is 0 Å². The lowest BCUT2D eigenvalue weighted by Crippen LogP contribution is -2.09. The van der Waals surface area contributed by atoms with E-state index in [0.717, 1.165) is 12.0 Å². The van der Waals surface area contributed by atoms with Crippen LogP contribution in [0.15, 0.2) is 42.5 Å². The van der Waals surface area contributed by atoms with Gasteiger partial charge in [0.1, 0.15) is 5.82 Å². The molecule has 0 spiro atoms. The summed E-state index contributed by atoms with van der Waals surface area (Å²) >= 11 is 0. The fraction of sp³-hybridized carbons (Fsp3) is 0.294. The molecule has 0 radical (unpaired) electrons. The molecule has 2 aromatic carbocycles. The average Bonchev–Trinajstić information content (AvgIpc) is 2.42. The number of benzene rings is 2. The fourth-order valence-electron chi connectivity index (χ4n) is 2.20. The van der Waals surface area contributed by atoms with Gasteiger partial charge in [-0.25, -0.2) is 4.39 Å². The Kier molecular flexibility index (Phi) is 4.33. The molecule has 0 saturated heterocycles. The van der Waals surface area contributed by atoms with Crippen LogP contribution in [0.1, 0.15) is 35.1 Å². The third kappa shape index (κ3) is 3.42. The summed E-state index contributed by atoms with van der Waals surface area (Å²) in [6, 6.07) is 13.8. The number of rotatable bonds is 4. The minimum absolute atomic E-state index is 0.144. The van der Waals surface area contributed by atoms with Crippen molar-refractivity contribution in [2.45, 2.75) is 26.2 Å². The van der Waals surface area contributed by atoms with Crippen LogP contribution in [-0.2, 0) is 6.42 Å². The zero-order valence-electron chi connectivity index (χ0n) is 11.5. The molecular weight excluding hydrogens is 237 g/mol. The van der Waals surface area contributed by atoms with Gasteiger partial charge >= 0.3 is 0 Å². The largest absolute Gasteiger partial charge is 0.330 e. The van der Waals surface area contributed by atoms with Crippen molar-refractivity contribution in [1.29, 1.82) is 0 Å². The summed E-state index contributed by atoms with van der Waals surface area (Å²) in [5.74, 6) is 0.226. The Morgan fingerprint density at radius 3 is 2.53 bits per heavy atom. The summed E-state index contributed by atoms with van der Waals surface area (Å²) in [5.41, 5.74) is 10.0. The van der Waals surface area contributed by atoms with Crippen molar-refractivity contribution < 1.29 is 4.39 Å². The van der Waals surface area contributed by atoms with E-state index in [1.165, 1.54) is 17.2 Å². The van der Waals surface area contributed by atoms with Gasteiger partial charge in [-0.15, -0.1) is 0 Å². The summed E-state index contributed by atoms with van der Waals surface area (Å²) in [6.07, 6.45) is 0.826. The van der Waals surface area contributed by atoms with Crippen molar-refractivity contribution in [3.8, 4) is 0 Å². The third-order valence-corrected chi connectivity index (χ3v) is 3.50. The van der Waals surface area contributed by atoms with Crippen LogP contribution >= 0.6 is 0 Å². The SMILES string of the molecule is Cc1cc(Cc2cccc(C(C)CN)c2)ccc1F. The summed E-state index contributed by atoms with van der Waals surface area (Å²) in [4.78, 5) is 0. The van der Waals surface area contributed by atoms with Crippen LogP contribution in [0.2, 0.25) is 0 Å². The summed E-state index contributed by atoms with van der Waals surface area (Å²) < 4.78 is 13.2. The smallest absolute Gasteiger partial charge is 0.126 e. The molecule has 0 aliphatic rings. The molecule has 1 nitrogen and oxygen atoms in total. The maximum Gasteiger partial charge on any atom is 0.126 e. The van der Waals surface area contributed by atoms with Gasteiger partial charge in [0.05, 0.1) is 0 Å². The Labute approximate surface area is 114 Å². The zero-order valence-corrected chi connectivity index (χ0v) is 11.5. The first-order chi connectivity index (χ1) is 9.10. The minimum Gasteiger partial charge on any atom is -0.330 e. The van der Waals surface area contributed by atoms with Gasteiger partial charge in [0.25, 0.3) is 0 Å². The quantitative estimate of drug-likeness (QED) is 0.886. The standard InChI is InChI=1S/C17H20FN/c1-12-8-15(6-7-17(12)18)9-14-4-3-5-16(10-14)13(2)11-19/h3-8,10,13H,9,11,19H2,1-2H3. The molecule has 100 valence electrons. The van der Waals surface area contributed by atoms with Crippen LogP contribution in [0.5, 0.6) is 0 Å². The molecule has 0 aliphatic heterocycles. The second kappa shape index (κ2) is 5.98. The van der Waals surface area contributed by atoms with E-state index in [9.17, 15) is 4.39 Å². The Morgan fingerprint density at radius 2 is 1.84 bits per heavy atom. The van der Waals surface area contributed by atoms with Crippen LogP contribution in [0, 0.1) is 12.7 Å². The van der Waals surface area contributed by atoms with Crippen molar-refractivity contribution >= 4 is 0 Å². The maximum atomic E-state index is 13.2. The first-order valence-electron chi connectivity index (χ1n) is 6.64. The summed E-state index contributed by atoms with van der Waals surface area (Å²) in [5, 5.41) is 0. The van der Waals surface area contributed by atoms with Crippen LogP contribution in [0.4, 0.5) is 4.39 Å². The number of hydrogen-bond donors (Lipinski definition) is 1. The topological polar surface area (TPSA) is 26.0 Å². The number of aryl methyl sites for hydroxylation is 1. The average molecular weight is 257 g/mol. The molecule has 0 aliphatic carbocycles. The van der Waals surface area contributed by atoms with Gasteiger partial charge < -0.3 is 5.73 Å². The van der Waals surface area contributed by atoms with Crippen molar-refractivity contribution in [3.05, 3.63) is 70.5 Å². The maximum absolute atomic E-state index is 13.2. The molecule has 1 atom stereocenters. The van der Waals surface area contributed by atoms with Crippen LogP contribution in [-0.4, -0.2) is 6.54 Å². The molecule has 0 saturated carbocycles. The number of halogens is 1. The molecule has 2 rings (SSSR count). The highest BCUT2D eigenvalue weighted by Gasteiger charge is 2.05. The molecule has 19 heavy (non-hydrogen) atoms. The van der Waals surface area contributed by atoms with E-state index in [-0.39, 0.29) is 5.82 Å². The number of nitrogens with two attached hydrogens (primary N) is 1. The molecule has 0 heterocycles. The Morgan fingerprint density at radius 1 is 1.11 bits per heavy atom. The number of hydrogen-bond acceptors (Lipinski definition) is 1. The molecule has 0 aromatic heterocycles. The van der Waals surface area contributed by atoms with E-state index < -0.39 is 0 Å². The Hall–Kier alpha value is -1.67. The molecule has 2 N–H and O–H groups in total. The highest BCUT2D eigenvalue weighted by atomic mass is 19.1. The third-order valence-electron chi connectivity index (χ3n) is 3.50. The molecule has 0 amide bonds. The van der Waals surface area contributed by atoms with E-state index in [4.69, 9.17) is 5.73 Å². The van der Waals surface area contributed by atoms with Crippen LogP contribution in [0.25, 0.3) is 0 Å². The highest BCUT2D eigenvalue weighted by Crippen LogP contribution is 2.18. The van der Waals surface area contributed by atoms with Gasteiger partial charge in [-0.2, -0.15) is 0 Å². The fourth-order valence-corrected chi connectivity index (χ4v) is 2.20. The lowest BCUT2D eigenvalue weighted by Gasteiger charge is -2.11. The van der Waals surface area contributed by atoms with Gasteiger partial charge in [-0.3, -0.25) is 0 Å². The summed E-state index contributed by atoms with van der Waals surface area (Å²) in [6.45, 7) is 4.58. The molecule has 0 bridgehead atoms. The van der Waals surface area contributed by atoms with Gasteiger partial charge in [0.2, 0.25) is 0 Å². The molecule has 1 unspecified atom stereocenters. The monoisotopic (exact) mass is 257 g/mol. The molecule has 0 fully saturated rings. The lowest BCUT2D eigenvalue weighted by atomic mass is 9.96. The first-order valence-corrected chi connectivity index (χ1v) is 6.64. The second-order valence-corrected chi connectivity index (χ2v) is 5.14. The Balaban J connectivity index is 2.20. The minimum atomic E-state index is -0.144. The predicted molar refractivity (Wildman–Crippen MR) is 77.9 cm³/mol. The van der Waals surface area contributed by atoms with E-state index in [0.29, 0.717) is 18.0 Å². The van der Waals surface area contributed by atoms with E-state index in [1.54, 1.807) is 6.92 Å². The predicted octanol–water partition coefficient (Wildman–Crippen LogP) is 3.79. The van der Waals surface area contributed by atoms with Gasteiger partial charge in [0, 0.05) is 0 Å². The lowest BCUT2D eigenvalue weighted by molar-refractivity contribution is 0.618. The van der Waals surface area contributed by atoms with Crippen molar-refractivity contribution in [1.82, 2.24) is 0 Å². The second-order valence-electron chi connectivity index (χ2n) is 5.14. The van der Waals surface area contributed by atoms with Crippen molar-refractivity contribution in [2.24, 2.45) is 5.73 Å². The van der Waals surface area contributed by atoms with E-state index >= 15 is 0 Å². The van der Waals surface area contributed by atoms with E-state index in [1.807, 2.05) is 12.1 Å². The van der Waals surface area contributed by atoms with E-state index in [2.05, 4.69) is 31.2 Å². The normalized spacial score (nSPS) is 12.4. The van der Waals surface area contributed by atoms with Crippen molar-refractivity contribution in [2.75, 3.05) is 6.54 Å². The van der Waals surface area contributed by atoms with Crippen LogP contribution < -0.4 is 5.73 Å². The molecule has 2 heteroatoms. The molecule has 2 aromatic rings. The summed E-state index contributed by atoms with van der Waals surface area (Å²) in [7, 11) is 0. The molecular formula is C17H20FN. The first kappa shape index (κ1) is 13.8. The van der Waals surface area contributed by atoms with Crippen molar-refractivity contribution in [3.63, 3.8) is 0 Å². The Bertz CT molecular complexity index is 563. The zero-order chi connectivity index (χ0) is 13.8. The van der Waals surface area contributed by atoms with Gasteiger partial charge in [-0.1, -0.05) is 43.3 Å². The highest BCUT2D eigenvalue weighted by molar-refractivity contribution is 5.33. The van der Waals surface area contributed by atoms with Gasteiger partial charge in [-0.05, 0) is 54.1 Å².